The Labute approximate surface area is 179 Å². The first-order valence-corrected chi connectivity index (χ1v) is 10.6. The molecule has 4 amide bonds. The summed E-state index contributed by atoms with van der Waals surface area (Å²) in [6, 6.07) is -3.60. The molecule has 4 atom stereocenters. The Morgan fingerprint density at radius 3 is 2.23 bits per heavy atom. The van der Waals surface area contributed by atoms with Gasteiger partial charge in [0.15, 0.2) is 0 Å². The summed E-state index contributed by atoms with van der Waals surface area (Å²) in [6.07, 6.45) is 2.16. The van der Waals surface area contributed by atoms with Gasteiger partial charge in [0.1, 0.15) is 18.1 Å². The number of hydrogen-bond acceptors (Lipinski definition) is 7. The number of likely N-dealkylation sites (tertiary alicyclic amines) is 2. The van der Waals surface area contributed by atoms with Crippen molar-refractivity contribution >= 4 is 42.2 Å². The highest BCUT2D eigenvalue weighted by molar-refractivity contribution is 7.80. The fourth-order valence-electron chi connectivity index (χ4n) is 3.87. The maximum absolute atomic E-state index is 13.2. The van der Waals surface area contributed by atoms with Gasteiger partial charge in [-0.3, -0.25) is 19.2 Å². The van der Waals surface area contributed by atoms with E-state index >= 15 is 0 Å². The van der Waals surface area contributed by atoms with E-state index in [1.165, 1.54) is 9.80 Å². The summed E-state index contributed by atoms with van der Waals surface area (Å²) in [5.74, 6) is -3.15. The molecular formula is C18H29N5O6S. The van der Waals surface area contributed by atoms with Gasteiger partial charge in [-0.1, -0.05) is 0 Å². The molecule has 2 rings (SSSR count). The van der Waals surface area contributed by atoms with E-state index in [4.69, 9.17) is 16.6 Å². The average molecular weight is 444 g/mol. The number of carboxylic acid groups (broad SMARTS) is 1. The molecule has 2 heterocycles. The van der Waals surface area contributed by atoms with E-state index in [0.717, 1.165) is 0 Å². The highest BCUT2D eigenvalue weighted by Gasteiger charge is 2.43. The fraction of sp³-hybridized carbons (Fsp3) is 0.722. The number of carboxylic acids is 1. The largest absolute Gasteiger partial charge is 0.480 e. The van der Waals surface area contributed by atoms with Gasteiger partial charge < -0.3 is 31.7 Å². The fourth-order valence-corrected chi connectivity index (χ4v) is 4.12. The number of amides is 4. The van der Waals surface area contributed by atoms with E-state index < -0.39 is 47.9 Å². The van der Waals surface area contributed by atoms with E-state index in [0.29, 0.717) is 38.8 Å². The van der Waals surface area contributed by atoms with Crippen molar-refractivity contribution in [1.82, 2.24) is 15.1 Å². The van der Waals surface area contributed by atoms with Crippen molar-refractivity contribution < 1.29 is 29.1 Å². The van der Waals surface area contributed by atoms with Crippen molar-refractivity contribution in [2.24, 2.45) is 11.5 Å². The summed E-state index contributed by atoms with van der Waals surface area (Å²) in [6.45, 7) is 0.715. The molecule has 0 aromatic heterocycles. The third kappa shape index (κ3) is 5.63. The first-order chi connectivity index (χ1) is 14.2. The smallest absolute Gasteiger partial charge is 0.327 e. The minimum Gasteiger partial charge on any atom is -0.480 e. The Morgan fingerprint density at radius 2 is 1.67 bits per heavy atom. The van der Waals surface area contributed by atoms with Crippen LogP contribution in [0.25, 0.3) is 0 Å². The molecule has 12 heteroatoms. The molecule has 2 fully saturated rings. The summed E-state index contributed by atoms with van der Waals surface area (Å²) >= 11 is 3.93. The Morgan fingerprint density at radius 1 is 1.07 bits per heavy atom. The van der Waals surface area contributed by atoms with Crippen LogP contribution >= 0.6 is 12.6 Å². The number of nitrogens with one attached hydrogen (secondary N) is 1. The summed E-state index contributed by atoms with van der Waals surface area (Å²) in [7, 11) is 0. The zero-order chi connectivity index (χ0) is 22.4. The third-order valence-corrected chi connectivity index (χ3v) is 5.84. The summed E-state index contributed by atoms with van der Waals surface area (Å²) in [5.41, 5.74) is 11.0. The molecule has 2 aliphatic rings. The number of rotatable bonds is 9. The lowest BCUT2D eigenvalue weighted by atomic mass is 10.1. The minimum absolute atomic E-state index is 0.0242. The van der Waals surface area contributed by atoms with Crippen LogP contribution in [0.3, 0.4) is 0 Å². The van der Waals surface area contributed by atoms with E-state index in [9.17, 15) is 24.0 Å². The number of thiol groups is 1. The molecule has 4 unspecified atom stereocenters. The second kappa shape index (κ2) is 10.6. The van der Waals surface area contributed by atoms with Crippen LogP contribution in [0.15, 0.2) is 0 Å². The standard InChI is InChI=1S/C18H29N5O6S/c19-10(5-6-14(20)24)16(26)23-8-2-4-13(23)17(27)22-7-1-3-12(22)15(25)21-11(9-30)18(28)29/h10-13,30H,1-9,19H2,(H2,20,24)(H,21,25)(H,28,29). The molecule has 168 valence electrons. The van der Waals surface area contributed by atoms with Crippen molar-refractivity contribution in [3.63, 3.8) is 0 Å². The zero-order valence-electron chi connectivity index (χ0n) is 16.7. The summed E-state index contributed by atoms with van der Waals surface area (Å²) in [4.78, 5) is 63.3. The lowest BCUT2D eigenvalue weighted by molar-refractivity contribution is -0.148. The molecule has 0 aromatic rings. The van der Waals surface area contributed by atoms with E-state index in [2.05, 4.69) is 17.9 Å². The SMILES string of the molecule is NC(=O)CCC(N)C(=O)N1CCCC1C(=O)N1CCCC1C(=O)NC(CS)C(=O)O. The quantitative estimate of drug-likeness (QED) is 0.257. The Hall–Kier alpha value is -2.34. The highest BCUT2D eigenvalue weighted by atomic mass is 32.1. The molecule has 0 spiro atoms. The molecule has 11 nitrogen and oxygen atoms in total. The number of aliphatic carboxylic acids is 1. The van der Waals surface area contributed by atoms with Crippen LogP contribution in [0, 0.1) is 0 Å². The lowest BCUT2D eigenvalue weighted by Gasteiger charge is -2.32. The van der Waals surface area contributed by atoms with Crippen molar-refractivity contribution in [3.8, 4) is 0 Å². The number of nitrogens with zero attached hydrogens (tertiary/aromatic N) is 2. The van der Waals surface area contributed by atoms with Gasteiger partial charge in [0.05, 0.1) is 6.04 Å². The normalized spacial score (nSPS) is 23.1. The molecule has 6 N–H and O–H groups in total. The number of nitrogens with two attached hydrogens (primary N) is 2. The highest BCUT2D eigenvalue weighted by Crippen LogP contribution is 2.25. The minimum atomic E-state index is -1.20. The topological polar surface area (TPSA) is 176 Å². The van der Waals surface area contributed by atoms with Gasteiger partial charge in [0, 0.05) is 25.3 Å². The van der Waals surface area contributed by atoms with Gasteiger partial charge in [-0.05, 0) is 32.1 Å². The molecule has 0 aliphatic carbocycles. The maximum atomic E-state index is 13.2. The Balaban J connectivity index is 2.06. The summed E-state index contributed by atoms with van der Waals surface area (Å²) < 4.78 is 0. The Kier molecular flexibility index (Phi) is 8.47. The molecule has 30 heavy (non-hydrogen) atoms. The van der Waals surface area contributed by atoms with Crippen LogP contribution in [0.5, 0.6) is 0 Å². The molecular weight excluding hydrogens is 414 g/mol. The van der Waals surface area contributed by atoms with Crippen LogP contribution in [-0.2, 0) is 24.0 Å². The molecule has 0 saturated carbocycles. The van der Waals surface area contributed by atoms with Gasteiger partial charge in [-0.25, -0.2) is 4.79 Å². The van der Waals surface area contributed by atoms with E-state index in [1.54, 1.807) is 0 Å². The maximum Gasteiger partial charge on any atom is 0.327 e. The molecule has 2 aliphatic heterocycles. The van der Waals surface area contributed by atoms with Gasteiger partial charge in [0.25, 0.3) is 0 Å². The number of primary amides is 1. The number of hydrogen-bond donors (Lipinski definition) is 5. The monoisotopic (exact) mass is 443 g/mol. The second-order valence-electron chi connectivity index (χ2n) is 7.57. The summed E-state index contributed by atoms with van der Waals surface area (Å²) in [5, 5.41) is 11.5. The predicted molar refractivity (Wildman–Crippen MR) is 109 cm³/mol. The third-order valence-electron chi connectivity index (χ3n) is 5.48. The lowest BCUT2D eigenvalue weighted by Crippen LogP contribution is -2.56. The average Bonchev–Trinajstić information content (AvgIpc) is 3.38. The van der Waals surface area contributed by atoms with Crippen LogP contribution < -0.4 is 16.8 Å². The van der Waals surface area contributed by atoms with Crippen LogP contribution in [-0.4, -0.2) is 87.5 Å². The molecule has 0 bridgehead atoms. The van der Waals surface area contributed by atoms with Gasteiger partial charge >= 0.3 is 5.97 Å². The molecule has 0 radical (unpaired) electrons. The van der Waals surface area contributed by atoms with Gasteiger partial charge in [-0.15, -0.1) is 0 Å². The van der Waals surface area contributed by atoms with E-state index in [1.807, 2.05) is 0 Å². The zero-order valence-corrected chi connectivity index (χ0v) is 17.6. The number of carbonyl (C=O) groups excluding carboxylic acids is 4. The molecule has 2 saturated heterocycles. The first-order valence-electron chi connectivity index (χ1n) is 9.96. The van der Waals surface area contributed by atoms with Crippen LogP contribution in [0.1, 0.15) is 38.5 Å². The first kappa shape index (κ1) is 23.9. The van der Waals surface area contributed by atoms with Crippen molar-refractivity contribution in [1.29, 1.82) is 0 Å². The van der Waals surface area contributed by atoms with Crippen LogP contribution in [0.2, 0.25) is 0 Å². The van der Waals surface area contributed by atoms with Crippen molar-refractivity contribution in [3.05, 3.63) is 0 Å². The van der Waals surface area contributed by atoms with Gasteiger partial charge in [-0.2, -0.15) is 12.6 Å². The molecule has 0 aromatic carbocycles. The van der Waals surface area contributed by atoms with E-state index in [-0.39, 0.29) is 24.5 Å². The Bertz CT molecular complexity index is 705. The van der Waals surface area contributed by atoms with Crippen LogP contribution in [0.4, 0.5) is 0 Å². The van der Waals surface area contributed by atoms with Crippen molar-refractivity contribution in [2.75, 3.05) is 18.8 Å². The second-order valence-corrected chi connectivity index (χ2v) is 7.94. The van der Waals surface area contributed by atoms with Gasteiger partial charge in [0.2, 0.25) is 23.6 Å². The van der Waals surface area contributed by atoms with Crippen molar-refractivity contribution in [2.45, 2.75) is 62.7 Å². The number of carbonyl (C=O) groups is 5. The predicted octanol–water partition coefficient (Wildman–Crippen LogP) is -1.94.